The number of carbonyl (C=O) groups excluding carboxylic acids is 7. The average Bonchev–Trinajstić information content (AvgIpc) is 1.65. The molecule has 7 aromatic carbocycles. The highest BCUT2D eigenvalue weighted by molar-refractivity contribution is 9.10. The zero-order chi connectivity index (χ0) is 94.0. The van der Waals surface area contributed by atoms with Crippen LogP contribution in [0.15, 0.2) is 251 Å². The molecule has 0 spiro atoms. The lowest BCUT2D eigenvalue weighted by Gasteiger charge is -2.10. The quantitative estimate of drug-likeness (QED) is 0.0114. The number of aldehydes is 2. The van der Waals surface area contributed by atoms with E-state index in [0.717, 1.165) is 55.3 Å². The van der Waals surface area contributed by atoms with Crippen LogP contribution in [-0.2, 0) is 47.8 Å². The monoisotopic (exact) mass is 1840 g/mol. The second kappa shape index (κ2) is 57.1. The van der Waals surface area contributed by atoms with Crippen LogP contribution in [0.3, 0.4) is 0 Å². The predicted molar refractivity (Wildman–Crippen MR) is 475 cm³/mol. The summed E-state index contributed by atoms with van der Waals surface area (Å²) < 4.78 is 25.2. The van der Waals surface area contributed by atoms with Gasteiger partial charge in [-0.15, -0.1) is 0 Å². The van der Waals surface area contributed by atoms with Gasteiger partial charge in [-0.25, -0.2) is 24.4 Å². The summed E-state index contributed by atoms with van der Waals surface area (Å²) in [6.07, 6.45) is 3.74. The number of furan rings is 3. The van der Waals surface area contributed by atoms with Crippen LogP contribution in [0.1, 0.15) is 140 Å². The summed E-state index contributed by atoms with van der Waals surface area (Å²) in [5.41, 5.74) is 9.64. The Balaban J connectivity index is 0.000000488. The normalized spacial score (nSPS) is 11.8. The molecule has 3 aliphatic heterocycles. The number of nitrogen functional groups attached to an aromatic ring is 1. The summed E-state index contributed by atoms with van der Waals surface area (Å²) in [5, 5.41) is 83.7. The number of carbonyl (C=O) groups is 13. The van der Waals surface area contributed by atoms with E-state index >= 15 is 0 Å². The molecule has 11 N–H and O–H groups in total. The highest BCUT2D eigenvalue weighted by atomic mass is 79.9. The number of hydrogen-bond acceptors (Lipinski definition) is 25. The number of anilines is 4. The lowest BCUT2D eigenvalue weighted by Crippen LogP contribution is -2.30. The first kappa shape index (κ1) is 107. The molecular weight excluding hydrogens is 1760 g/mol. The van der Waals surface area contributed by atoms with E-state index < -0.39 is 42.9 Å². The number of nitrogens with zero attached hydrogens (tertiary/aromatic N) is 6. The number of esters is 2. The van der Waals surface area contributed by atoms with Gasteiger partial charge in [0.1, 0.15) is 17.3 Å². The number of ether oxygens (including phenoxy) is 2. The molecule has 658 valence electrons. The number of nitrogens with one attached hydrogen (secondary N) is 1. The van der Waals surface area contributed by atoms with Crippen LogP contribution >= 0.6 is 50.7 Å². The van der Waals surface area contributed by atoms with Crippen LogP contribution in [-0.4, -0.2) is 156 Å². The van der Waals surface area contributed by atoms with E-state index in [-0.39, 0.29) is 72.6 Å². The number of hydrazine groups is 1. The maximum atomic E-state index is 12.8. The minimum Gasteiger partial charge on any atom is -0.481 e. The molecule has 3 amide bonds. The molecule has 0 unspecified atom stereocenters. The van der Waals surface area contributed by atoms with E-state index in [9.17, 15) is 53.1 Å². The third-order valence-electron chi connectivity index (χ3n) is 14.4. The van der Waals surface area contributed by atoms with E-state index in [2.05, 4.69) is 46.1 Å². The van der Waals surface area contributed by atoms with Crippen molar-refractivity contribution in [3.63, 3.8) is 0 Å². The van der Waals surface area contributed by atoms with Crippen LogP contribution in [0.25, 0.3) is 28.7 Å². The molecule has 0 atom stereocenters. The first-order valence-electron chi connectivity index (χ1n) is 36.3. The molecule has 3 aromatic heterocycles. The topological polar surface area (TPSA) is 526 Å². The molecule has 0 aliphatic carbocycles. The van der Waals surface area contributed by atoms with Gasteiger partial charge in [0.05, 0.1) is 86.2 Å². The highest BCUT2D eigenvalue weighted by Crippen LogP contribution is 2.31. The van der Waals surface area contributed by atoms with Crippen molar-refractivity contribution in [1.82, 2.24) is 0 Å². The third-order valence-corrected chi connectivity index (χ3v) is 15.8. The minimum absolute atomic E-state index is 0.00628. The van der Waals surface area contributed by atoms with Crippen molar-refractivity contribution < 1.29 is 126 Å². The van der Waals surface area contributed by atoms with Gasteiger partial charge in [0.25, 0.3) is 35.6 Å². The van der Waals surface area contributed by atoms with Gasteiger partial charge in [0.2, 0.25) is 0 Å². The number of amides is 3. The molecule has 0 radical (unpaired) electrons. The molecule has 10 aromatic rings. The fourth-order valence-corrected chi connectivity index (χ4v) is 10.2. The maximum Gasteiger partial charge on any atom is 0.488 e. The van der Waals surface area contributed by atoms with Crippen LogP contribution in [0.5, 0.6) is 0 Å². The Hall–Kier alpha value is -14.3. The van der Waals surface area contributed by atoms with E-state index in [1.165, 1.54) is 71.3 Å². The molecule has 0 fully saturated rings. The summed E-state index contributed by atoms with van der Waals surface area (Å²) >= 11 is 20.3. The molecular formula is C86H87BBrCl3N8O26. The number of benzene rings is 7. The van der Waals surface area contributed by atoms with Gasteiger partial charge in [-0.2, -0.15) is 20.3 Å². The van der Waals surface area contributed by atoms with E-state index in [1.807, 2.05) is 135 Å². The first-order chi connectivity index (χ1) is 59.1. The second-order valence-corrected chi connectivity index (χ2v) is 26.4. The number of carboxylic acid groups (broad SMARTS) is 6. The fourth-order valence-electron chi connectivity index (χ4n) is 9.27. The summed E-state index contributed by atoms with van der Waals surface area (Å²) in [4.78, 5) is 135. The molecule has 0 bridgehead atoms. The zero-order valence-electron chi connectivity index (χ0n) is 68.5. The molecule has 6 heterocycles. The molecule has 0 saturated carbocycles. The van der Waals surface area contributed by atoms with Crippen molar-refractivity contribution in [2.24, 2.45) is 21.1 Å². The summed E-state index contributed by atoms with van der Waals surface area (Å²) in [7, 11) is -1.68. The molecule has 0 saturated heterocycles. The van der Waals surface area contributed by atoms with Gasteiger partial charge in [0.15, 0.2) is 28.8 Å². The number of carboxylic acids is 6. The number of para-hydroxylation sites is 4. The maximum absolute atomic E-state index is 12.8. The van der Waals surface area contributed by atoms with E-state index in [0.29, 0.717) is 94.4 Å². The van der Waals surface area contributed by atoms with Crippen LogP contribution in [0.2, 0.25) is 15.1 Å². The highest BCUT2D eigenvalue weighted by Gasteiger charge is 2.30. The number of rotatable bonds is 15. The van der Waals surface area contributed by atoms with Crippen LogP contribution < -0.4 is 31.8 Å². The zero-order valence-corrected chi connectivity index (χ0v) is 72.4. The van der Waals surface area contributed by atoms with E-state index in [4.69, 9.17) is 104 Å². The smallest absolute Gasteiger partial charge is 0.481 e. The third kappa shape index (κ3) is 41.2. The number of nitrogens with two attached hydrogens (primary N) is 1. The van der Waals surface area contributed by atoms with Gasteiger partial charge in [-0.05, 0) is 196 Å². The van der Waals surface area contributed by atoms with Crippen LogP contribution in [0, 0.1) is 0 Å². The van der Waals surface area contributed by atoms with Crippen molar-refractivity contribution in [3.05, 3.63) is 272 Å². The molecule has 125 heavy (non-hydrogen) atoms. The first-order valence-corrected chi connectivity index (χ1v) is 38.2. The van der Waals surface area contributed by atoms with Gasteiger partial charge in [0, 0.05) is 62.9 Å². The SMILES string of the molecule is CC(=O)O.CC(=O)O.CC(=O)O.CC1=NN(c2ccccc2)C(=O)/C1=C\c1ccc(-c2ccc(Cl)c(C(=O)O)c2)o1.CC1=NN(c2ccccc2)C(=O)C1.CC1=NN(c2ccccc2)C(=O)C1.CCOC(C)=O.CCOC(C)=O.NNc1ccccc1.O=C(O)c1cc(B(O)O)ccc1Cl.O=Cc1ccc(-c2ccc(Cl)c(C(=O)O)c2)o1.O=Cc1ccc(Br)o1. The number of halogens is 4. The predicted octanol–water partition coefficient (Wildman–Crippen LogP) is 15.8. The Labute approximate surface area is 739 Å². The van der Waals surface area contributed by atoms with Crippen molar-refractivity contribution in [3.8, 4) is 22.6 Å². The molecule has 13 rings (SSSR count). The van der Waals surface area contributed by atoms with Gasteiger partial charge >= 0.3 is 37.0 Å². The fraction of sp³-hybridized carbons (Fsp3) is 0.163. The van der Waals surface area contributed by atoms with Gasteiger partial charge in [-0.1, -0.05) is 114 Å². The Kier molecular flexibility index (Phi) is 48.8. The lowest BCUT2D eigenvalue weighted by atomic mass is 9.79. The lowest BCUT2D eigenvalue weighted by molar-refractivity contribution is -0.141. The average molecular weight is 1850 g/mol. The van der Waals surface area contributed by atoms with Crippen molar-refractivity contribution >= 4 is 187 Å². The summed E-state index contributed by atoms with van der Waals surface area (Å²) in [5.74, 6) is 0.476. The minimum atomic E-state index is -1.68. The van der Waals surface area contributed by atoms with Crippen molar-refractivity contribution in [1.29, 1.82) is 0 Å². The standard InChI is InChI=1S/C22H15ClN2O4.C12H7ClO4.2C10H10N2O.C7H6BClO4.C6H8N2.C5H3BrO2.2C4H8O2.3C2H4O2/c1-13-17(21(26)25(24-13)15-5-3-2-4-6-15)12-16-8-10-20(29-16)14-7-9-19(23)18(11-14)22(27)28;13-10-3-1-7(5-9(10)12(15)16)11-4-2-8(6-14)17-11;2*1-8-7-10(13)12(11-8)9-5-3-2-4-6-9;9-6-2-1-4(8(12)13)3-5(6)7(10)11;7-8-6-4-2-1-3-5-6;6-5-2-1-4(3-7)8-5;2*1-3-6-4(2)5;3*1-2(3)4/h2-12H,1H3,(H,27,28);1-6H,(H,15,16);2*2-6H,7H2,1H3;1-3,12-13H,(H,10,11);1-5,8H,7H2;1-3H;2*3H2,1-2H3;3*1H3,(H,3,4)/b17-12-;;;;;;;;;;;. The number of aromatic carboxylic acids is 3. The Morgan fingerprint density at radius 3 is 1.10 bits per heavy atom. The van der Waals surface area contributed by atoms with E-state index in [1.54, 1.807) is 69.3 Å². The number of hydrogen-bond donors (Lipinski definition) is 10. The Morgan fingerprint density at radius 1 is 0.472 bits per heavy atom. The Morgan fingerprint density at radius 2 is 0.808 bits per heavy atom. The van der Waals surface area contributed by atoms with Gasteiger partial charge < -0.3 is 68.8 Å². The summed E-state index contributed by atoms with van der Waals surface area (Å²) in [6.45, 7) is 16.0. The largest absolute Gasteiger partial charge is 0.488 e. The molecule has 39 heteroatoms. The molecule has 34 nitrogen and oxygen atoms in total. The summed E-state index contributed by atoms with van der Waals surface area (Å²) in [6, 6.07) is 60.4. The van der Waals surface area contributed by atoms with Gasteiger partial charge in [-0.3, -0.25) is 53.8 Å². The van der Waals surface area contributed by atoms with Crippen molar-refractivity contribution in [2.45, 2.75) is 82.1 Å². The Bertz CT molecular complexity index is 5270. The number of aliphatic carboxylic acids is 3. The van der Waals surface area contributed by atoms with Crippen molar-refractivity contribution in [2.75, 3.05) is 33.7 Å². The van der Waals surface area contributed by atoms with Crippen LogP contribution in [0.4, 0.5) is 22.7 Å². The number of hydrazone groups is 3. The molecule has 3 aliphatic rings. The second-order valence-electron chi connectivity index (χ2n) is 24.4.